The molecule has 3 aromatic carbocycles. The van der Waals surface area contributed by atoms with E-state index in [4.69, 9.17) is 9.40 Å². The van der Waals surface area contributed by atoms with Gasteiger partial charge in [0.2, 0.25) is 0 Å². The van der Waals surface area contributed by atoms with Crippen molar-refractivity contribution in [3.63, 3.8) is 0 Å². The zero-order chi connectivity index (χ0) is 25.1. The van der Waals surface area contributed by atoms with Crippen molar-refractivity contribution in [2.45, 2.75) is 6.92 Å². The fourth-order valence-electron chi connectivity index (χ4n) is 3.94. The zero-order valence-electron chi connectivity index (χ0n) is 19.2. The lowest BCUT2D eigenvalue weighted by Gasteiger charge is -2.09. The fraction of sp³-hybridized carbons (Fsp3) is 0.0357. The second-order valence-corrected chi connectivity index (χ2v) is 8.10. The number of benzene rings is 3. The van der Waals surface area contributed by atoms with E-state index >= 15 is 0 Å². The van der Waals surface area contributed by atoms with Gasteiger partial charge in [0.15, 0.2) is 0 Å². The minimum Gasteiger partial charge on any atom is -0.455 e. The monoisotopic (exact) mass is 476 g/mol. The van der Waals surface area contributed by atoms with E-state index in [0.29, 0.717) is 33.9 Å². The number of nitrogens with zero attached hydrogens (tertiary/aromatic N) is 3. The van der Waals surface area contributed by atoms with Crippen molar-refractivity contribution < 1.29 is 14.1 Å². The lowest BCUT2D eigenvalue weighted by molar-refractivity contribution is -0.384. The number of pyridine rings is 1. The molecule has 1 amide bonds. The number of hydrogen-bond acceptors (Lipinski definition) is 6. The van der Waals surface area contributed by atoms with E-state index in [2.05, 4.69) is 10.5 Å². The van der Waals surface area contributed by atoms with E-state index in [-0.39, 0.29) is 11.6 Å². The Morgan fingerprint density at radius 3 is 2.56 bits per heavy atom. The highest BCUT2D eigenvalue weighted by molar-refractivity contribution is 6.07. The second-order valence-electron chi connectivity index (χ2n) is 8.10. The predicted octanol–water partition coefficient (Wildman–Crippen LogP) is 6.14. The number of non-ortho nitro benzene ring substituents is 1. The van der Waals surface area contributed by atoms with Gasteiger partial charge in [0.25, 0.3) is 11.6 Å². The van der Waals surface area contributed by atoms with Crippen LogP contribution in [-0.2, 0) is 0 Å². The fourth-order valence-corrected chi connectivity index (χ4v) is 3.94. The van der Waals surface area contributed by atoms with E-state index in [1.54, 1.807) is 31.2 Å². The van der Waals surface area contributed by atoms with Crippen LogP contribution in [0.2, 0.25) is 0 Å². The third kappa shape index (κ3) is 4.60. The van der Waals surface area contributed by atoms with Gasteiger partial charge in [0.05, 0.1) is 27.9 Å². The van der Waals surface area contributed by atoms with Crippen molar-refractivity contribution in [1.29, 1.82) is 0 Å². The summed E-state index contributed by atoms with van der Waals surface area (Å²) in [6, 6.07) is 26.9. The van der Waals surface area contributed by atoms with Crippen LogP contribution in [0.25, 0.3) is 33.5 Å². The van der Waals surface area contributed by atoms with E-state index in [1.165, 1.54) is 18.3 Å². The molecule has 5 aromatic rings. The number of carbonyl (C=O) groups excluding carboxylic acids is 1. The van der Waals surface area contributed by atoms with Crippen molar-refractivity contribution in [2.75, 3.05) is 0 Å². The summed E-state index contributed by atoms with van der Waals surface area (Å²) < 4.78 is 5.81. The molecule has 8 nitrogen and oxygen atoms in total. The van der Waals surface area contributed by atoms with Gasteiger partial charge in [0.1, 0.15) is 11.5 Å². The van der Waals surface area contributed by atoms with E-state index < -0.39 is 4.92 Å². The maximum absolute atomic E-state index is 13.1. The van der Waals surface area contributed by atoms with Crippen LogP contribution in [-0.4, -0.2) is 22.0 Å². The van der Waals surface area contributed by atoms with Crippen LogP contribution in [0.4, 0.5) is 5.69 Å². The van der Waals surface area contributed by atoms with E-state index in [9.17, 15) is 14.9 Å². The molecule has 1 N–H and O–H groups in total. The Bertz CT molecular complexity index is 1620. The molecule has 0 atom stereocenters. The number of fused-ring (bicyclic) bond motifs is 1. The normalized spacial score (nSPS) is 11.1. The van der Waals surface area contributed by atoms with Gasteiger partial charge in [-0.3, -0.25) is 14.9 Å². The van der Waals surface area contributed by atoms with Gasteiger partial charge in [0, 0.05) is 28.6 Å². The smallest absolute Gasteiger partial charge is 0.272 e. The number of hydrazone groups is 1. The van der Waals surface area contributed by atoms with E-state index in [1.807, 2.05) is 54.6 Å². The summed E-state index contributed by atoms with van der Waals surface area (Å²) in [5.74, 6) is 0.593. The topological polar surface area (TPSA) is 111 Å². The summed E-state index contributed by atoms with van der Waals surface area (Å²) in [4.78, 5) is 28.3. The number of nitrogens with one attached hydrogen (secondary N) is 1. The highest BCUT2D eigenvalue weighted by Gasteiger charge is 2.14. The molecule has 0 unspecified atom stereocenters. The van der Waals surface area contributed by atoms with Crippen LogP contribution >= 0.6 is 0 Å². The Kier molecular flexibility index (Phi) is 6.07. The quantitative estimate of drug-likeness (QED) is 0.180. The van der Waals surface area contributed by atoms with Crippen LogP contribution < -0.4 is 5.43 Å². The molecule has 8 heteroatoms. The van der Waals surface area contributed by atoms with E-state index in [0.717, 1.165) is 16.5 Å². The Labute approximate surface area is 206 Å². The maximum atomic E-state index is 13.1. The number of nitro benzene ring substituents is 1. The summed E-state index contributed by atoms with van der Waals surface area (Å²) in [5.41, 5.74) is 6.81. The molecule has 0 aliphatic heterocycles. The Balaban J connectivity index is 1.37. The van der Waals surface area contributed by atoms with Crippen LogP contribution in [0.3, 0.4) is 0 Å². The van der Waals surface area contributed by atoms with Gasteiger partial charge in [-0.15, -0.1) is 0 Å². The Morgan fingerprint density at radius 1 is 1.00 bits per heavy atom. The first kappa shape index (κ1) is 22.7. The third-order valence-electron chi connectivity index (χ3n) is 5.70. The molecule has 5 rings (SSSR count). The number of para-hydroxylation sites is 1. The maximum Gasteiger partial charge on any atom is 0.272 e. The molecule has 0 aliphatic rings. The molecule has 0 saturated carbocycles. The Morgan fingerprint density at radius 2 is 1.78 bits per heavy atom. The minimum absolute atomic E-state index is 0.0198. The molecule has 2 heterocycles. The molecule has 0 spiro atoms. The number of amides is 1. The summed E-state index contributed by atoms with van der Waals surface area (Å²) in [6.45, 7) is 1.78. The van der Waals surface area contributed by atoms with Gasteiger partial charge in [-0.1, -0.05) is 48.5 Å². The van der Waals surface area contributed by atoms with Crippen molar-refractivity contribution in [3.8, 4) is 22.6 Å². The molecule has 2 aromatic heterocycles. The number of rotatable bonds is 6. The molecule has 0 aliphatic carbocycles. The number of furan rings is 1. The molecular formula is C28H20N4O4. The first-order chi connectivity index (χ1) is 17.5. The number of carbonyl (C=O) groups is 1. The highest BCUT2D eigenvalue weighted by atomic mass is 16.6. The van der Waals surface area contributed by atoms with Crippen LogP contribution in [0, 0.1) is 17.0 Å². The van der Waals surface area contributed by atoms with Gasteiger partial charge < -0.3 is 4.42 Å². The molecule has 176 valence electrons. The number of aryl methyl sites for hydroxylation is 1. The standard InChI is InChI=1S/C28H20N4O4/c1-18-15-20(32(34)35)11-13-22(18)27-14-12-21(36-27)17-29-31-28(33)24-16-26(19-7-3-2-4-8-19)30-25-10-6-5-9-23(24)25/h2-17H,1H3,(H,31,33)/b29-17-. The summed E-state index contributed by atoms with van der Waals surface area (Å²) in [5, 5.41) is 15.8. The number of aromatic nitrogens is 1. The van der Waals surface area contributed by atoms with Gasteiger partial charge in [-0.05, 0) is 42.8 Å². The first-order valence-corrected chi connectivity index (χ1v) is 11.1. The zero-order valence-corrected chi connectivity index (χ0v) is 19.2. The largest absolute Gasteiger partial charge is 0.455 e. The van der Waals surface area contributed by atoms with Gasteiger partial charge >= 0.3 is 0 Å². The second kappa shape index (κ2) is 9.63. The van der Waals surface area contributed by atoms with Crippen molar-refractivity contribution in [2.24, 2.45) is 5.10 Å². The molecule has 0 radical (unpaired) electrons. The van der Waals surface area contributed by atoms with Crippen LogP contribution in [0.15, 0.2) is 101 Å². The average molecular weight is 476 g/mol. The lowest BCUT2D eigenvalue weighted by atomic mass is 10.0. The SMILES string of the molecule is Cc1cc([N+](=O)[O-])ccc1-c1ccc(/C=N\NC(=O)c2cc(-c3ccccc3)nc3ccccc23)o1. The van der Waals surface area contributed by atoms with Gasteiger partial charge in [-0.2, -0.15) is 5.10 Å². The molecular weight excluding hydrogens is 456 g/mol. The molecule has 0 saturated heterocycles. The Hall–Kier alpha value is -5.11. The third-order valence-corrected chi connectivity index (χ3v) is 5.70. The average Bonchev–Trinajstić information content (AvgIpc) is 3.37. The highest BCUT2D eigenvalue weighted by Crippen LogP contribution is 2.28. The molecule has 0 bridgehead atoms. The van der Waals surface area contributed by atoms with Crippen molar-refractivity contribution in [3.05, 3.63) is 118 Å². The predicted molar refractivity (Wildman–Crippen MR) is 138 cm³/mol. The number of nitro groups is 1. The van der Waals surface area contributed by atoms with Crippen LogP contribution in [0.5, 0.6) is 0 Å². The summed E-state index contributed by atoms with van der Waals surface area (Å²) in [6.07, 6.45) is 1.41. The van der Waals surface area contributed by atoms with Crippen LogP contribution in [0.1, 0.15) is 21.7 Å². The van der Waals surface area contributed by atoms with Gasteiger partial charge in [-0.25, -0.2) is 10.4 Å². The lowest BCUT2D eigenvalue weighted by Crippen LogP contribution is -2.18. The van der Waals surface area contributed by atoms with Crippen molar-refractivity contribution in [1.82, 2.24) is 10.4 Å². The summed E-state index contributed by atoms with van der Waals surface area (Å²) in [7, 11) is 0. The number of hydrogen-bond donors (Lipinski definition) is 1. The first-order valence-electron chi connectivity index (χ1n) is 11.1. The summed E-state index contributed by atoms with van der Waals surface area (Å²) >= 11 is 0. The minimum atomic E-state index is -0.436. The van der Waals surface area contributed by atoms with Crippen molar-refractivity contribution >= 4 is 28.7 Å². The molecule has 36 heavy (non-hydrogen) atoms. The molecule has 0 fully saturated rings.